The smallest absolute Gasteiger partial charge is 0.0841 e. The molecule has 1 atom stereocenters. The molecule has 5 nitrogen and oxygen atoms in total. The second-order valence-corrected chi connectivity index (χ2v) is 5.87. The van der Waals surface area contributed by atoms with Gasteiger partial charge >= 0.3 is 0 Å². The molecule has 1 aliphatic rings. The molecule has 2 rings (SSSR count). The number of hydrogen-bond donors (Lipinski definition) is 1. The van der Waals surface area contributed by atoms with Gasteiger partial charge in [-0.1, -0.05) is 11.6 Å². The molecule has 1 saturated heterocycles. The first-order valence-electron chi connectivity index (χ1n) is 6.96. The molecule has 6 heteroatoms. The summed E-state index contributed by atoms with van der Waals surface area (Å²) in [5.41, 5.74) is 0.902. The van der Waals surface area contributed by atoms with E-state index in [-0.39, 0.29) is 6.10 Å². The van der Waals surface area contributed by atoms with Gasteiger partial charge in [0.15, 0.2) is 0 Å². The molecule has 0 spiro atoms. The number of rotatable bonds is 5. The zero-order valence-corrected chi connectivity index (χ0v) is 12.9. The largest absolute Gasteiger partial charge is 0.390 e. The Bertz CT molecular complexity index is 423. The Hall–Kier alpha value is -0.880. The first kappa shape index (κ1) is 15.5. The first-order chi connectivity index (χ1) is 9.56. The second-order valence-electron chi connectivity index (χ2n) is 5.47. The van der Waals surface area contributed by atoms with E-state index in [0.717, 1.165) is 31.9 Å². The van der Waals surface area contributed by atoms with E-state index >= 15 is 0 Å². The van der Waals surface area contributed by atoms with Gasteiger partial charge in [-0.2, -0.15) is 0 Å². The summed E-state index contributed by atoms with van der Waals surface area (Å²) in [6.07, 6.45) is 2.96. The summed E-state index contributed by atoms with van der Waals surface area (Å²) in [7, 11) is 4.07. The molecule has 112 valence electrons. The van der Waals surface area contributed by atoms with E-state index in [4.69, 9.17) is 11.6 Å². The number of aliphatic hydroxyl groups excluding tert-OH is 1. The van der Waals surface area contributed by atoms with Gasteiger partial charge in [-0.3, -0.25) is 9.88 Å². The SMILES string of the molecule is CN1CCN(C[C@@H](O)CN(C)c2ccncc2Cl)CC1. The highest BCUT2D eigenvalue weighted by molar-refractivity contribution is 6.33. The lowest BCUT2D eigenvalue weighted by Gasteiger charge is -2.34. The molecule has 2 heterocycles. The van der Waals surface area contributed by atoms with Crippen LogP contribution >= 0.6 is 11.6 Å². The molecule has 0 aromatic carbocycles. The highest BCUT2D eigenvalue weighted by Crippen LogP contribution is 2.22. The van der Waals surface area contributed by atoms with E-state index in [1.54, 1.807) is 12.4 Å². The van der Waals surface area contributed by atoms with E-state index in [1.165, 1.54) is 0 Å². The molecule has 1 fully saturated rings. The topological polar surface area (TPSA) is 42.8 Å². The number of β-amino-alcohol motifs (C(OH)–C–C–N with tert-alkyl or cyclic N) is 1. The van der Waals surface area contributed by atoms with Gasteiger partial charge in [0.1, 0.15) is 0 Å². The summed E-state index contributed by atoms with van der Waals surface area (Å²) in [6, 6.07) is 1.87. The van der Waals surface area contributed by atoms with Crippen molar-refractivity contribution in [3.8, 4) is 0 Å². The third kappa shape index (κ3) is 4.31. The standard InChI is InChI=1S/C14H23ClN4O/c1-17-5-7-19(8-6-17)11-12(20)10-18(2)14-3-4-16-9-13(14)15/h3-4,9,12,20H,5-8,10-11H2,1-2H3/t12-/m0/s1. The summed E-state index contributed by atoms with van der Waals surface area (Å²) >= 11 is 6.11. The van der Waals surface area contributed by atoms with E-state index < -0.39 is 0 Å². The van der Waals surface area contributed by atoms with Gasteiger partial charge < -0.3 is 14.9 Å². The van der Waals surface area contributed by atoms with Crippen LogP contribution in [-0.4, -0.2) is 79.4 Å². The van der Waals surface area contributed by atoms with E-state index in [1.807, 2.05) is 18.0 Å². The molecule has 0 unspecified atom stereocenters. The molecular formula is C14H23ClN4O. The minimum absolute atomic E-state index is 0.382. The van der Waals surface area contributed by atoms with Gasteiger partial charge in [-0.15, -0.1) is 0 Å². The van der Waals surface area contributed by atoms with Gasteiger partial charge in [-0.25, -0.2) is 0 Å². The predicted octanol–water partition coefficient (Wildman–Crippen LogP) is 0.779. The highest BCUT2D eigenvalue weighted by Gasteiger charge is 2.18. The van der Waals surface area contributed by atoms with Crippen LogP contribution in [0, 0.1) is 0 Å². The summed E-state index contributed by atoms with van der Waals surface area (Å²) in [5.74, 6) is 0. The predicted molar refractivity (Wildman–Crippen MR) is 82.5 cm³/mol. The molecule has 0 bridgehead atoms. The van der Waals surface area contributed by atoms with Crippen molar-refractivity contribution in [2.45, 2.75) is 6.10 Å². The molecule has 1 N–H and O–H groups in total. The molecule has 0 saturated carbocycles. The monoisotopic (exact) mass is 298 g/mol. The van der Waals surface area contributed by atoms with Crippen LogP contribution in [0.15, 0.2) is 18.5 Å². The Morgan fingerprint density at radius 1 is 1.40 bits per heavy atom. The molecule has 0 amide bonds. The fraction of sp³-hybridized carbons (Fsp3) is 0.643. The Kier molecular flexibility index (Phi) is 5.60. The fourth-order valence-corrected chi connectivity index (χ4v) is 2.74. The van der Waals surface area contributed by atoms with Crippen LogP contribution in [0.5, 0.6) is 0 Å². The second kappa shape index (κ2) is 7.22. The zero-order valence-electron chi connectivity index (χ0n) is 12.2. The number of halogens is 1. The lowest BCUT2D eigenvalue weighted by Crippen LogP contribution is -2.48. The van der Waals surface area contributed by atoms with Crippen LogP contribution in [0.3, 0.4) is 0 Å². The number of anilines is 1. The average molecular weight is 299 g/mol. The maximum Gasteiger partial charge on any atom is 0.0841 e. The van der Waals surface area contributed by atoms with Gasteiger partial charge in [0.05, 0.1) is 16.8 Å². The van der Waals surface area contributed by atoms with Crippen molar-refractivity contribution in [3.63, 3.8) is 0 Å². The van der Waals surface area contributed by atoms with Crippen LogP contribution in [0.2, 0.25) is 5.02 Å². The number of nitrogens with zero attached hydrogens (tertiary/aromatic N) is 4. The van der Waals surface area contributed by atoms with Crippen molar-refractivity contribution in [1.29, 1.82) is 0 Å². The highest BCUT2D eigenvalue weighted by atomic mass is 35.5. The number of pyridine rings is 1. The van der Waals surface area contributed by atoms with Crippen LogP contribution in [0.1, 0.15) is 0 Å². The van der Waals surface area contributed by atoms with Crippen molar-refractivity contribution in [1.82, 2.24) is 14.8 Å². The third-order valence-corrected chi connectivity index (χ3v) is 4.00. The van der Waals surface area contributed by atoms with E-state index in [2.05, 4.69) is 21.8 Å². The lowest BCUT2D eigenvalue weighted by molar-refractivity contribution is 0.0843. The van der Waals surface area contributed by atoms with Crippen molar-refractivity contribution in [2.24, 2.45) is 0 Å². The van der Waals surface area contributed by atoms with Crippen LogP contribution in [0.25, 0.3) is 0 Å². The van der Waals surface area contributed by atoms with E-state index in [9.17, 15) is 5.11 Å². The zero-order chi connectivity index (χ0) is 14.5. The summed E-state index contributed by atoms with van der Waals surface area (Å²) in [6.45, 7) is 5.45. The van der Waals surface area contributed by atoms with Crippen molar-refractivity contribution < 1.29 is 5.11 Å². The number of piperazine rings is 1. The Balaban J connectivity index is 1.82. The van der Waals surface area contributed by atoms with Crippen molar-refractivity contribution in [2.75, 3.05) is 58.3 Å². The van der Waals surface area contributed by atoms with Crippen LogP contribution < -0.4 is 4.90 Å². The van der Waals surface area contributed by atoms with Gasteiger partial charge in [0.2, 0.25) is 0 Å². The maximum absolute atomic E-state index is 10.2. The van der Waals surface area contributed by atoms with Gasteiger partial charge in [-0.05, 0) is 13.1 Å². The molecular weight excluding hydrogens is 276 g/mol. The Morgan fingerprint density at radius 3 is 2.75 bits per heavy atom. The minimum atomic E-state index is -0.382. The molecule has 0 aliphatic carbocycles. The normalized spacial score (nSPS) is 19.0. The molecule has 1 aromatic rings. The summed E-state index contributed by atoms with van der Waals surface area (Å²) in [5, 5.41) is 10.8. The molecule has 1 aliphatic heterocycles. The van der Waals surface area contributed by atoms with Crippen LogP contribution in [-0.2, 0) is 0 Å². The van der Waals surface area contributed by atoms with Crippen LogP contribution in [0.4, 0.5) is 5.69 Å². The van der Waals surface area contributed by atoms with Crippen molar-refractivity contribution in [3.05, 3.63) is 23.5 Å². The van der Waals surface area contributed by atoms with Crippen molar-refractivity contribution >= 4 is 17.3 Å². The number of hydrogen-bond acceptors (Lipinski definition) is 5. The number of likely N-dealkylation sites (N-methyl/N-ethyl adjacent to an activating group) is 2. The minimum Gasteiger partial charge on any atom is -0.390 e. The number of aromatic nitrogens is 1. The van der Waals surface area contributed by atoms with Gasteiger partial charge in [0.25, 0.3) is 0 Å². The molecule has 1 aromatic heterocycles. The maximum atomic E-state index is 10.2. The molecule has 20 heavy (non-hydrogen) atoms. The van der Waals surface area contributed by atoms with E-state index in [0.29, 0.717) is 18.1 Å². The number of aliphatic hydroxyl groups is 1. The first-order valence-corrected chi connectivity index (χ1v) is 7.33. The Labute approximate surface area is 125 Å². The Morgan fingerprint density at radius 2 is 2.10 bits per heavy atom. The average Bonchev–Trinajstić information content (AvgIpc) is 2.41. The van der Waals surface area contributed by atoms with Gasteiger partial charge in [0, 0.05) is 58.7 Å². The quantitative estimate of drug-likeness (QED) is 0.870. The summed E-state index contributed by atoms with van der Waals surface area (Å²) in [4.78, 5) is 10.6. The lowest BCUT2D eigenvalue weighted by atomic mass is 10.2. The fourth-order valence-electron chi connectivity index (χ4n) is 2.48. The summed E-state index contributed by atoms with van der Waals surface area (Å²) < 4.78 is 0. The third-order valence-electron chi connectivity index (χ3n) is 3.71. The molecule has 0 radical (unpaired) electrons.